The van der Waals surface area contributed by atoms with Gasteiger partial charge in [0.1, 0.15) is 18.2 Å². The molecule has 1 aromatic carbocycles. The molecule has 6 rings (SSSR count). The highest BCUT2D eigenvalue weighted by Crippen LogP contribution is 2.41. The van der Waals surface area contributed by atoms with Crippen LogP contribution in [0.4, 0.5) is 32.2 Å². The van der Waals surface area contributed by atoms with Crippen molar-refractivity contribution in [2.75, 3.05) is 44.2 Å². The van der Waals surface area contributed by atoms with Crippen LogP contribution in [0.2, 0.25) is 0 Å². The van der Waals surface area contributed by atoms with E-state index in [9.17, 15) is 35.9 Å². The van der Waals surface area contributed by atoms with Crippen LogP contribution < -0.4 is 20.5 Å². The standard InChI is InChI=1S/C30H29F6N7O3/c31-29(32,33)20-5-6-25(38-13-20)41-7-9-42(10-8-41)28(45)19-11-21(14-37-12-19)46-17-24-22-4-2-1-3-18(22)16-43(24)23-15-39-40-27(44)26(23)30(34,35)36/h1-6,11-14,23-24,26,39H,7-10,15-17H2,(H,40,44)/t23?,24-,26?/m1/s1. The van der Waals surface area contributed by atoms with Gasteiger partial charge in [0.15, 0.2) is 5.92 Å². The van der Waals surface area contributed by atoms with Crippen molar-refractivity contribution >= 4 is 17.6 Å². The van der Waals surface area contributed by atoms with Crippen molar-refractivity contribution in [1.29, 1.82) is 0 Å². The third-order valence-corrected chi connectivity index (χ3v) is 8.47. The van der Waals surface area contributed by atoms with Crippen molar-refractivity contribution in [3.63, 3.8) is 0 Å². The van der Waals surface area contributed by atoms with Gasteiger partial charge in [0.05, 0.1) is 23.4 Å². The van der Waals surface area contributed by atoms with Crippen LogP contribution in [0.25, 0.3) is 0 Å². The van der Waals surface area contributed by atoms with Crippen molar-refractivity contribution in [3.05, 3.63) is 83.3 Å². The van der Waals surface area contributed by atoms with Crippen LogP contribution in [0.3, 0.4) is 0 Å². The number of nitrogens with one attached hydrogen (secondary N) is 2. The molecule has 2 amide bonds. The van der Waals surface area contributed by atoms with E-state index in [-0.39, 0.29) is 36.9 Å². The van der Waals surface area contributed by atoms with Crippen molar-refractivity contribution < 1.29 is 40.7 Å². The van der Waals surface area contributed by atoms with E-state index >= 15 is 0 Å². The van der Waals surface area contributed by atoms with Gasteiger partial charge in [0.2, 0.25) is 5.91 Å². The van der Waals surface area contributed by atoms with Gasteiger partial charge in [-0.2, -0.15) is 26.3 Å². The molecule has 3 atom stereocenters. The van der Waals surface area contributed by atoms with Gasteiger partial charge >= 0.3 is 12.4 Å². The van der Waals surface area contributed by atoms with Gasteiger partial charge in [-0.3, -0.25) is 24.9 Å². The lowest BCUT2D eigenvalue weighted by Gasteiger charge is -2.40. The second kappa shape index (κ2) is 12.4. The Labute approximate surface area is 259 Å². The molecule has 2 aromatic heterocycles. The number of nitrogens with zero attached hydrogens (tertiary/aromatic N) is 5. The zero-order valence-corrected chi connectivity index (χ0v) is 24.2. The molecule has 3 aromatic rings. The average molecular weight is 650 g/mol. The molecule has 2 fully saturated rings. The smallest absolute Gasteiger partial charge is 0.417 e. The number of carbonyl (C=O) groups excluding carboxylic acids is 2. The van der Waals surface area contributed by atoms with E-state index in [2.05, 4.69) is 20.8 Å². The minimum atomic E-state index is -4.75. The number of halogens is 6. The number of aromatic nitrogens is 2. The largest absolute Gasteiger partial charge is 0.490 e. The first-order valence-electron chi connectivity index (χ1n) is 14.5. The van der Waals surface area contributed by atoms with Crippen LogP contribution >= 0.6 is 0 Å². The summed E-state index contributed by atoms with van der Waals surface area (Å²) >= 11 is 0. The normalized spacial score (nSPS) is 22.4. The summed E-state index contributed by atoms with van der Waals surface area (Å²) in [5, 5.41) is 0. The van der Waals surface area contributed by atoms with Crippen molar-refractivity contribution in [1.82, 2.24) is 30.6 Å². The number of fused-ring (bicyclic) bond motifs is 1. The minimum Gasteiger partial charge on any atom is -0.490 e. The number of hydrazine groups is 1. The number of anilines is 1. The van der Waals surface area contributed by atoms with E-state index < -0.39 is 41.8 Å². The Balaban J connectivity index is 1.12. The number of rotatable bonds is 6. The summed E-state index contributed by atoms with van der Waals surface area (Å²) in [6, 6.07) is 9.23. The topological polar surface area (TPSA) is 103 Å². The zero-order chi connectivity index (χ0) is 32.6. The highest BCUT2D eigenvalue weighted by molar-refractivity contribution is 5.94. The summed E-state index contributed by atoms with van der Waals surface area (Å²) in [4.78, 5) is 38.7. The fourth-order valence-electron chi connectivity index (χ4n) is 6.16. The quantitative estimate of drug-likeness (QED) is 0.391. The summed E-state index contributed by atoms with van der Waals surface area (Å²) in [6.45, 7) is 1.33. The second-order valence-electron chi connectivity index (χ2n) is 11.2. The third kappa shape index (κ3) is 6.44. The predicted octanol–water partition coefficient (Wildman–Crippen LogP) is 3.58. The van der Waals surface area contributed by atoms with Crippen LogP contribution in [-0.2, 0) is 17.5 Å². The molecule has 0 aliphatic carbocycles. The van der Waals surface area contributed by atoms with Gasteiger partial charge in [-0.1, -0.05) is 24.3 Å². The molecule has 3 aliphatic heterocycles. The first-order chi connectivity index (χ1) is 21.9. The molecule has 244 valence electrons. The minimum absolute atomic E-state index is 0.0577. The maximum atomic E-state index is 14.0. The first-order valence-corrected chi connectivity index (χ1v) is 14.5. The number of benzene rings is 1. The molecule has 0 spiro atoms. The Morgan fingerprint density at radius 1 is 0.978 bits per heavy atom. The predicted molar refractivity (Wildman–Crippen MR) is 151 cm³/mol. The van der Waals surface area contributed by atoms with E-state index in [0.717, 1.165) is 23.4 Å². The van der Waals surface area contributed by atoms with Gasteiger partial charge in [0.25, 0.3) is 5.91 Å². The van der Waals surface area contributed by atoms with Crippen LogP contribution in [0.1, 0.15) is 33.1 Å². The lowest BCUT2D eigenvalue weighted by molar-refractivity contribution is -0.202. The Kier molecular flexibility index (Phi) is 8.50. The Morgan fingerprint density at radius 2 is 1.74 bits per heavy atom. The van der Waals surface area contributed by atoms with Crippen LogP contribution in [0.15, 0.2) is 61.1 Å². The molecule has 0 bridgehead atoms. The highest BCUT2D eigenvalue weighted by Gasteiger charge is 2.55. The summed E-state index contributed by atoms with van der Waals surface area (Å²) in [5.41, 5.74) is 5.69. The molecule has 16 heteroatoms. The lowest BCUT2D eigenvalue weighted by Crippen LogP contribution is -2.64. The molecule has 0 saturated carbocycles. The van der Waals surface area contributed by atoms with Gasteiger partial charge < -0.3 is 14.5 Å². The van der Waals surface area contributed by atoms with E-state index in [4.69, 9.17) is 4.74 Å². The Morgan fingerprint density at radius 3 is 2.43 bits per heavy atom. The molecule has 3 aliphatic rings. The van der Waals surface area contributed by atoms with Crippen molar-refractivity contribution in [2.45, 2.75) is 31.0 Å². The number of hydrogen-bond donors (Lipinski definition) is 2. The first kappa shape index (κ1) is 31.5. The third-order valence-electron chi connectivity index (χ3n) is 8.47. The van der Waals surface area contributed by atoms with E-state index in [1.54, 1.807) is 26.8 Å². The fourth-order valence-corrected chi connectivity index (χ4v) is 6.16. The molecule has 10 nitrogen and oxygen atoms in total. The van der Waals surface area contributed by atoms with Gasteiger partial charge in [0, 0.05) is 57.7 Å². The number of pyridine rings is 2. The number of ether oxygens (including phenoxy) is 1. The van der Waals surface area contributed by atoms with E-state index in [1.807, 2.05) is 12.1 Å². The van der Waals surface area contributed by atoms with Gasteiger partial charge in [-0.25, -0.2) is 10.4 Å². The monoisotopic (exact) mass is 649 g/mol. The molecule has 2 N–H and O–H groups in total. The van der Waals surface area contributed by atoms with Crippen molar-refractivity contribution in [3.8, 4) is 5.75 Å². The number of amides is 2. The van der Waals surface area contributed by atoms with Crippen LogP contribution in [0, 0.1) is 5.92 Å². The summed E-state index contributed by atoms with van der Waals surface area (Å²) in [5.74, 6) is -3.08. The molecule has 46 heavy (non-hydrogen) atoms. The maximum absolute atomic E-state index is 14.0. The molecule has 0 radical (unpaired) electrons. The number of piperazine rings is 1. The van der Waals surface area contributed by atoms with Gasteiger partial charge in [-0.15, -0.1) is 0 Å². The molecular weight excluding hydrogens is 620 g/mol. The van der Waals surface area contributed by atoms with Crippen LogP contribution in [0.5, 0.6) is 5.75 Å². The lowest BCUT2D eigenvalue weighted by atomic mass is 9.94. The average Bonchev–Trinajstić information content (AvgIpc) is 3.41. The van der Waals surface area contributed by atoms with Crippen LogP contribution in [-0.4, -0.2) is 83.1 Å². The molecule has 5 heterocycles. The Hall–Kier alpha value is -4.44. The molecular formula is C30H29F6N7O3. The van der Waals surface area contributed by atoms with Gasteiger partial charge in [-0.05, 0) is 29.3 Å². The molecule has 2 saturated heterocycles. The number of alkyl halides is 6. The van der Waals surface area contributed by atoms with E-state index in [1.165, 1.54) is 24.5 Å². The van der Waals surface area contributed by atoms with Crippen molar-refractivity contribution in [2.24, 2.45) is 5.92 Å². The number of hydrogen-bond acceptors (Lipinski definition) is 8. The summed E-state index contributed by atoms with van der Waals surface area (Å²) in [7, 11) is 0. The highest BCUT2D eigenvalue weighted by atomic mass is 19.4. The summed E-state index contributed by atoms with van der Waals surface area (Å²) < 4.78 is 86.7. The Bertz CT molecular complexity index is 1580. The van der Waals surface area contributed by atoms with E-state index in [0.29, 0.717) is 32.0 Å². The second-order valence-corrected chi connectivity index (χ2v) is 11.2. The SMILES string of the molecule is O=C1NNCC(N2Cc3ccccc3[C@H]2COc2cncc(C(=O)N3CCN(c4ccc(C(F)(F)F)cn4)CC3)c2)C1C(F)(F)F. The molecule has 2 unspecified atom stereocenters. The fraction of sp³-hybridized carbons (Fsp3) is 0.400. The maximum Gasteiger partial charge on any atom is 0.417 e. The number of carbonyl (C=O) groups is 2. The zero-order valence-electron chi connectivity index (χ0n) is 24.2. The summed E-state index contributed by atoms with van der Waals surface area (Å²) in [6.07, 6.45) is -5.66.